The minimum Gasteiger partial charge on any atom is -0.472 e. The van der Waals surface area contributed by atoms with Crippen molar-refractivity contribution >= 4 is 11.3 Å². The van der Waals surface area contributed by atoms with E-state index < -0.39 is 0 Å². The van der Waals surface area contributed by atoms with E-state index >= 15 is 0 Å². The summed E-state index contributed by atoms with van der Waals surface area (Å²) in [4.78, 5) is 4.62. The largest absolute Gasteiger partial charge is 0.472 e. The first-order valence-electron chi connectivity index (χ1n) is 5.40. The molecule has 16 heavy (non-hydrogen) atoms. The lowest BCUT2D eigenvalue weighted by Gasteiger charge is -2.15. The lowest BCUT2D eigenvalue weighted by atomic mass is 9.93. The van der Waals surface area contributed by atoms with Gasteiger partial charge in [0, 0.05) is 23.4 Å². The third-order valence-electron chi connectivity index (χ3n) is 2.73. The number of nitrogens with zero attached hydrogens (tertiary/aromatic N) is 1. The molecule has 0 radical (unpaired) electrons. The summed E-state index contributed by atoms with van der Waals surface area (Å²) in [5.74, 6) is 0.862. The van der Waals surface area contributed by atoms with Crippen LogP contribution in [-0.2, 0) is 0 Å². The molecule has 0 spiro atoms. The molecule has 1 unspecified atom stereocenters. The lowest BCUT2D eigenvalue weighted by Crippen LogP contribution is -2.18. The van der Waals surface area contributed by atoms with Crippen molar-refractivity contribution in [2.24, 2.45) is 11.7 Å². The predicted octanol–water partition coefficient (Wildman–Crippen LogP) is 3.10. The van der Waals surface area contributed by atoms with Crippen molar-refractivity contribution in [2.45, 2.75) is 19.8 Å². The molecule has 0 aliphatic carbocycles. The van der Waals surface area contributed by atoms with E-state index in [0.29, 0.717) is 18.4 Å². The number of rotatable bonds is 4. The highest BCUT2D eigenvalue weighted by molar-refractivity contribution is 7.13. The summed E-state index contributed by atoms with van der Waals surface area (Å²) >= 11 is 1.64. The molecule has 2 aromatic heterocycles. The van der Waals surface area contributed by atoms with E-state index in [4.69, 9.17) is 10.2 Å². The first-order valence-corrected chi connectivity index (χ1v) is 6.28. The Morgan fingerprint density at radius 2 is 2.31 bits per heavy atom. The molecule has 1 atom stereocenters. The number of nitrogens with two attached hydrogens (primary N) is 1. The molecule has 2 heterocycles. The Morgan fingerprint density at radius 3 is 2.88 bits per heavy atom. The Bertz CT molecular complexity index is 434. The molecule has 0 amide bonds. The first-order chi connectivity index (χ1) is 7.72. The zero-order valence-corrected chi connectivity index (χ0v) is 10.3. The quantitative estimate of drug-likeness (QED) is 0.887. The van der Waals surface area contributed by atoms with Gasteiger partial charge in [-0.25, -0.2) is 4.98 Å². The van der Waals surface area contributed by atoms with Gasteiger partial charge in [0.25, 0.3) is 0 Å². The standard InChI is InChI=1S/C12H16N2OS/c1-8(2)10(5-13)11-7-16-12(14-11)9-3-4-15-6-9/h3-4,6-8,10H,5,13H2,1-2H3. The van der Waals surface area contributed by atoms with Crippen molar-refractivity contribution in [1.29, 1.82) is 0 Å². The van der Waals surface area contributed by atoms with Gasteiger partial charge in [0.15, 0.2) is 0 Å². The molecule has 0 bridgehead atoms. The average Bonchev–Trinajstić information content (AvgIpc) is 2.86. The topological polar surface area (TPSA) is 52.0 Å². The molecule has 2 aromatic rings. The molecule has 0 aliphatic heterocycles. The van der Waals surface area contributed by atoms with Gasteiger partial charge in [0.2, 0.25) is 0 Å². The minimum atomic E-state index is 0.344. The molecule has 0 saturated carbocycles. The number of aromatic nitrogens is 1. The predicted molar refractivity (Wildman–Crippen MR) is 66.4 cm³/mol. The fraction of sp³-hybridized carbons (Fsp3) is 0.417. The van der Waals surface area contributed by atoms with Crippen molar-refractivity contribution in [3.05, 3.63) is 29.7 Å². The summed E-state index contributed by atoms with van der Waals surface area (Å²) in [6, 6.07) is 1.93. The van der Waals surface area contributed by atoms with Gasteiger partial charge in [-0.3, -0.25) is 0 Å². The van der Waals surface area contributed by atoms with Gasteiger partial charge in [-0.15, -0.1) is 11.3 Å². The van der Waals surface area contributed by atoms with Crippen LogP contribution in [-0.4, -0.2) is 11.5 Å². The van der Waals surface area contributed by atoms with Crippen LogP contribution in [0.25, 0.3) is 10.6 Å². The van der Waals surface area contributed by atoms with Crippen molar-refractivity contribution < 1.29 is 4.42 Å². The van der Waals surface area contributed by atoms with Gasteiger partial charge in [0.05, 0.1) is 12.0 Å². The molecule has 2 rings (SSSR count). The van der Waals surface area contributed by atoms with Crippen molar-refractivity contribution in [1.82, 2.24) is 4.98 Å². The Kier molecular flexibility index (Phi) is 3.41. The summed E-state index contributed by atoms with van der Waals surface area (Å²) in [5.41, 5.74) is 7.91. The fourth-order valence-electron chi connectivity index (χ4n) is 1.71. The van der Waals surface area contributed by atoms with E-state index in [-0.39, 0.29) is 0 Å². The van der Waals surface area contributed by atoms with Crippen molar-refractivity contribution in [3.63, 3.8) is 0 Å². The molecule has 0 aromatic carbocycles. The number of thiazole rings is 1. The van der Waals surface area contributed by atoms with Gasteiger partial charge < -0.3 is 10.2 Å². The maximum absolute atomic E-state index is 5.78. The van der Waals surface area contributed by atoms with E-state index in [1.165, 1.54) is 0 Å². The molecule has 86 valence electrons. The molecular formula is C12H16N2OS. The van der Waals surface area contributed by atoms with E-state index in [0.717, 1.165) is 16.3 Å². The molecule has 0 saturated heterocycles. The fourth-order valence-corrected chi connectivity index (χ4v) is 2.58. The zero-order chi connectivity index (χ0) is 11.5. The third-order valence-corrected chi connectivity index (χ3v) is 3.64. The maximum atomic E-state index is 5.78. The highest BCUT2D eigenvalue weighted by atomic mass is 32.1. The van der Waals surface area contributed by atoms with Crippen LogP contribution in [0.15, 0.2) is 28.4 Å². The average molecular weight is 236 g/mol. The number of hydrogen-bond acceptors (Lipinski definition) is 4. The minimum absolute atomic E-state index is 0.344. The van der Waals surface area contributed by atoms with Gasteiger partial charge in [-0.1, -0.05) is 13.8 Å². The van der Waals surface area contributed by atoms with Crippen LogP contribution in [0.4, 0.5) is 0 Å². The van der Waals surface area contributed by atoms with Crippen LogP contribution in [0.5, 0.6) is 0 Å². The second-order valence-corrected chi connectivity index (χ2v) is 5.03. The maximum Gasteiger partial charge on any atom is 0.126 e. The van der Waals surface area contributed by atoms with E-state index in [1.54, 1.807) is 23.9 Å². The van der Waals surface area contributed by atoms with E-state index in [2.05, 4.69) is 24.2 Å². The van der Waals surface area contributed by atoms with Gasteiger partial charge in [-0.2, -0.15) is 0 Å². The number of hydrogen-bond donors (Lipinski definition) is 1. The van der Waals surface area contributed by atoms with Crippen molar-refractivity contribution in [2.75, 3.05) is 6.54 Å². The third kappa shape index (κ3) is 2.18. The highest BCUT2D eigenvalue weighted by Gasteiger charge is 2.17. The molecule has 2 N–H and O–H groups in total. The van der Waals surface area contributed by atoms with E-state index in [1.807, 2.05) is 6.07 Å². The van der Waals surface area contributed by atoms with Gasteiger partial charge in [0.1, 0.15) is 11.3 Å². The van der Waals surface area contributed by atoms with Crippen LogP contribution in [0.2, 0.25) is 0 Å². The summed E-state index contributed by atoms with van der Waals surface area (Å²) in [6.45, 7) is 5.00. The van der Waals surface area contributed by atoms with Gasteiger partial charge >= 0.3 is 0 Å². The molecular weight excluding hydrogens is 220 g/mol. The lowest BCUT2D eigenvalue weighted by molar-refractivity contribution is 0.498. The summed E-state index contributed by atoms with van der Waals surface area (Å²) in [6.07, 6.45) is 3.38. The second kappa shape index (κ2) is 4.80. The Hall–Kier alpha value is -1.13. The molecule has 0 fully saturated rings. The number of furan rings is 1. The van der Waals surface area contributed by atoms with Crippen LogP contribution < -0.4 is 5.73 Å². The second-order valence-electron chi connectivity index (χ2n) is 4.18. The van der Waals surface area contributed by atoms with Crippen LogP contribution in [0.3, 0.4) is 0 Å². The van der Waals surface area contributed by atoms with Crippen LogP contribution in [0.1, 0.15) is 25.5 Å². The Balaban J connectivity index is 2.25. The summed E-state index contributed by atoms with van der Waals surface area (Å²) < 4.78 is 5.05. The summed E-state index contributed by atoms with van der Waals surface area (Å²) in [7, 11) is 0. The van der Waals surface area contributed by atoms with Gasteiger partial charge in [-0.05, 0) is 12.0 Å². The Labute approximate surface area is 99.3 Å². The summed E-state index contributed by atoms with van der Waals surface area (Å²) in [5, 5.41) is 3.10. The SMILES string of the molecule is CC(C)C(CN)c1csc(-c2ccoc2)n1. The monoisotopic (exact) mass is 236 g/mol. The van der Waals surface area contributed by atoms with Crippen LogP contribution >= 0.6 is 11.3 Å². The molecule has 4 heteroatoms. The molecule has 3 nitrogen and oxygen atoms in total. The smallest absolute Gasteiger partial charge is 0.126 e. The zero-order valence-electron chi connectivity index (χ0n) is 9.51. The highest BCUT2D eigenvalue weighted by Crippen LogP contribution is 2.29. The van der Waals surface area contributed by atoms with E-state index in [9.17, 15) is 0 Å². The normalized spacial score (nSPS) is 13.2. The Morgan fingerprint density at radius 1 is 1.50 bits per heavy atom. The van der Waals surface area contributed by atoms with Crippen molar-refractivity contribution in [3.8, 4) is 10.6 Å². The van der Waals surface area contributed by atoms with Crippen LogP contribution in [0, 0.1) is 5.92 Å². The first kappa shape index (κ1) is 11.4. The molecule has 0 aliphatic rings.